The van der Waals surface area contributed by atoms with Gasteiger partial charge in [0.25, 0.3) is 5.89 Å². The minimum atomic E-state index is -0.887. The van der Waals surface area contributed by atoms with Gasteiger partial charge in [-0.2, -0.15) is 4.98 Å². The largest absolute Gasteiger partial charge is 0.493 e. The van der Waals surface area contributed by atoms with Gasteiger partial charge in [0.2, 0.25) is 5.82 Å². The molecule has 0 N–H and O–H groups in total. The molecule has 0 saturated carbocycles. The lowest BCUT2D eigenvalue weighted by atomic mass is 10.2. The molecule has 4 aromatic rings. The fraction of sp³-hybridized carbons (Fsp3) is 0.238. The van der Waals surface area contributed by atoms with Gasteiger partial charge in [-0.25, -0.2) is 9.59 Å². The summed E-state index contributed by atoms with van der Waals surface area (Å²) in [5, 5.41) is 3.93. The first-order valence-electron chi connectivity index (χ1n) is 9.40. The number of hydrogen-bond donors (Lipinski definition) is 0. The molecular formula is C21H19N3O6. The summed E-state index contributed by atoms with van der Waals surface area (Å²) in [6.45, 7) is 3.72. The second-order valence-electron chi connectivity index (χ2n) is 6.43. The summed E-state index contributed by atoms with van der Waals surface area (Å²) in [6, 6.07) is 13.3. The van der Waals surface area contributed by atoms with Crippen molar-refractivity contribution in [2.24, 2.45) is 0 Å². The smallest absolute Gasteiger partial charge is 0.420 e. The van der Waals surface area contributed by atoms with Gasteiger partial charge in [0.05, 0.1) is 17.7 Å². The lowest BCUT2D eigenvalue weighted by molar-refractivity contribution is -0.149. The van der Waals surface area contributed by atoms with Crippen LogP contribution in [0.1, 0.15) is 25.8 Å². The van der Waals surface area contributed by atoms with E-state index >= 15 is 0 Å². The van der Waals surface area contributed by atoms with Crippen LogP contribution < -0.4 is 10.5 Å². The summed E-state index contributed by atoms with van der Waals surface area (Å²) >= 11 is 0. The van der Waals surface area contributed by atoms with Crippen LogP contribution in [0.15, 0.2) is 62.3 Å². The lowest BCUT2D eigenvalue weighted by Crippen LogP contribution is -2.26. The monoisotopic (exact) mass is 409 g/mol. The first-order valence-corrected chi connectivity index (χ1v) is 9.40. The molecule has 0 aliphatic rings. The number of esters is 1. The Balaban J connectivity index is 1.47. The molecular weight excluding hydrogens is 390 g/mol. The quantitative estimate of drug-likeness (QED) is 0.428. The number of carbonyl (C=O) groups excluding carboxylic acids is 1. The van der Waals surface area contributed by atoms with Crippen LogP contribution in [0.5, 0.6) is 5.75 Å². The van der Waals surface area contributed by atoms with Crippen LogP contribution in [0.2, 0.25) is 0 Å². The van der Waals surface area contributed by atoms with E-state index in [-0.39, 0.29) is 12.5 Å². The zero-order valence-electron chi connectivity index (χ0n) is 16.4. The number of benzene rings is 2. The van der Waals surface area contributed by atoms with E-state index in [9.17, 15) is 9.59 Å². The second kappa shape index (κ2) is 8.24. The number of ether oxygens (including phenoxy) is 2. The summed E-state index contributed by atoms with van der Waals surface area (Å²) in [6.07, 6.45) is 0. The Morgan fingerprint density at radius 2 is 1.93 bits per heavy atom. The van der Waals surface area contributed by atoms with Crippen LogP contribution in [-0.4, -0.2) is 27.3 Å². The van der Waals surface area contributed by atoms with Crippen LogP contribution in [0.25, 0.3) is 22.5 Å². The molecule has 9 heteroatoms. The molecule has 0 saturated heterocycles. The molecule has 2 aromatic carbocycles. The predicted octanol–water partition coefficient (Wildman–Crippen LogP) is 3.35. The highest BCUT2D eigenvalue weighted by Gasteiger charge is 2.23. The van der Waals surface area contributed by atoms with Crippen molar-refractivity contribution in [1.29, 1.82) is 0 Å². The third kappa shape index (κ3) is 3.69. The maximum atomic E-state index is 12.5. The SMILES string of the molecule is CCOc1ccccc1-c1noc(COC(=O)C(C)n2c(=O)oc3ccccc32)n1. The molecule has 0 fully saturated rings. The van der Waals surface area contributed by atoms with E-state index in [4.69, 9.17) is 18.4 Å². The minimum Gasteiger partial charge on any atom is -0.493 e. The molecule has 0 amide bonds. The van der Waals surface area contributed by atoms with Crippen molar-refractivity contribution in [2.75, 3.05) is 6.61 Å². The van der Waals surface area contributed by atoms with Gasteiger partial charge in [-0.1, -0.05) is 29.4 Å². The number of oxazole rings is 1. The molecule has 2 aromatic heterocycles. The number of rotatable bonds is 7. The highest BCUT2D eigenvalue weighted by Crippen LogP contribution is 2.27. The molecule has 0 radical (unpaired) electrons. The van der Waals surface area contributed by atoms with Gasteiger partial charge < -0.3 is 18.4 Å². The third-order valence-corrected chi connectivity index (χ3v) is 4.48. The summed E-state index contributed by atoms with van der Waals surface area (Å²) in [5.41, 5.74) is 1.58. The molecule has 9 nitrogen and oxygen atoms in total. The van der Waals surface area contributed by atoms with Gasteiger partial charge in [-0.15, -0.1) is 0 Å². The number of aromatic nitrogens is 3. The summed E-state index contributed by atoms with van der Waals surface area (Å²) in [7, 11) is 0. The number of para-hydroxylation sites is 3. The molecule has 4 rings (SSSR count). The second-order valence-corrected chi connectivity index (χ2v) is 6.43. The summed E-state index contributed by atoms with van der Waals surface area (Å²) in [5.74, 6) is -0.174. The van der Waals surface area contributed by atoms with Gasteiger partial charge >= 0.3 is 11.7 Å². The highest BCUT2D eigenvalue weighted by atomic mass is 16.6. The Labute approximate surface area is 170 Å². The Morgan fingerprint density at radius 3 is 2.77 bits per heavy atom. The Kier molecular flexibility index (Phi) is 5.34. The third-order valence-electron chi connectivity index (χ3n) is 4.48. The van der Waals surface area contributed by atoms with E-state index in [0.29, 0.717) is 34.8 Å². The Bertz CT molecular complexity index is 1240. The maximum absolute atomic E-state index is 12.5. The van der Waals surface area contributed by atoms with E-state index in [1.54, 1.807) is 31.2 Å². The zero-order chi connectivity index (χ0) is 21.1. The van der Waals surface area contributed by atoms with Crippen molar-refractivity contribution < 1.29 is 23.2 Å². The normalized spacial score (nSPS) is 12.1. The van der Waals surface area contributed by atoms with Gasteiger partial charge in [0.15, 0.2) is 12.2 Å². The van der Waals surface area contributed by atoms with E-state index in [1.807, 2.05) is 31.2 Å². The van der Waals surface area contributed by atoms with E-state index in [1.165, 1.54) is 4.57 Å². The lowest BCUT2D eigenvalue weighted by Gasteiger charge is -2.11. The minimum absolute atomic E-state index is 0.126. The van der Waals surface area contributed by atoms with E-state index in [0.717, 1.165) is 0 Å². The summed E-state index contributed by atoms with van der Waals surface area (Å²) < 4.78 is 22.4. The van der Waals surface area contributed by atoms with E-state index in [2.05, 4.69) is 10.1 Å². The summed E-state index contributed by atoms with van der Waals surface area (Å²) in [4.78, 5) is 28.9. The van der Waals surface area contributed by atoms with Crippen molar-refractivity contribution in [2.45, 2.75) is 26.5 Å². The van der Waals surface area contributed by atoms with Crippen molar-refractivity contribution in [3.05, 3.63) is 65.0 Å². The van der Waals surface area contributed by atoms with Crippen molar-refractivity contribution in [3.8, 4) is 17.1 Å². The molecule has 2 heterocycles. The fourth-order valence-corrected chi connectivity index (χ4v) is 3.07. The molecule has 154 valence electrons. The molecule has 30 heavy (non-hydrogen) atoms. The van der Waals surface area contributed by atoms with Crippen molar-refractivity contribution in [3.63, 3.8) is 0 Å². The maximum Gasteiger partial charge on any atom is 0.420 e. The zero-order valence-corrected chi connectivity index (χ0v) is 16.4. The van der Waals surface area contributed by atoms with Gasteiger partial charge in [-0.3, -0.25) is 4.57 Å². The highest BCUT2D eigenvalue weighted by molar-refractivity contribution is 5.79. The van der Waals surface area contributed by atoms with Crippen LogP contribution in [-0.2, 0) is 16.1 Å². The van der Waals surface area contributed by atoms with Crippen LogP contribution in [0.3, 0.4) is 0 Å². The molecule has 1 unspecified atom stereocenters. The number of fused-ring (bicyclic) bond motifs is 1. The standard InChI is InChI=1S/C21H19N3O6/c1-3-27-16-10-6-4-8-14(16)19-22-18(30-23-19)12-28-20(25)13(2)24-15-9-5-7-11-17(15)29-21(24)26/h4-11,13H,3,12H2,1-2H3. The molecule has 0 spiro atoms. The Morgan fingerprint density at radius 1 is 1.17 bits per heavy atom. The number of carbonyl (C=O) groups is 1. The first kappa shape index (κ1) is 19.4. The van der Waals surface area contributed by atoms with Gasteiger partial charge in [0, 0.05) is 0 Å². The predicted molar refractivity (Wildman–Crippen MR) is 106 cm³/mol. The first-order chi connectivity index (χ1) is 14.6. The van der Waals surface area contributed by atoms with Crippen molar-refractivity contribution >= 4 is 17.1 Å². The average Bonchev–Trinajstić information content (AvgIpc) is 3.35. The van der Waals surface area contributed by atoms with Crippen LogP contribution in [0, 0.1) is 0 Å². The fourth-order valence-electron chi connectivity index (χ4n) is 3.07. The molecule has 0 aliphatic carbocycles. The van der Waals surface area contributed by atoms with Gasteiger partial charge in [-0.05, 0) is 38.1 Å². The molecule has 0 bridgehead atoms. The topological polar surface area (TPSA) is 110 Å². The number of nitrogens with zero attached hydrogens (tertiary/aromatic N) is 3. The van der Waals surface area contributed by atoms with E-state index < -0.39 is 17.8 Å². The van der Waals surface area contributed by atoms with Crippen LogP contribution in [0.4, 0.5) is 0 Å². The molecule has 0 aliphatic heterocycles. The Hall–Kier alpha value is -3.88. The van der Waals surface area contributed by atoms with Crippen molar-refractivity contribution in [1.82, 2.24) is 14.7 Å². The van der Waals surface area contributed by atoms with Crippen LogP contribution >= 0.6 is 0 Å². The number of hydrogen-bond acceptors (Lipinski definition) is 8. The van der Waals surface area contributed by atoms with Gasteiger partial charge in [0.1, 0.15) is 11.8 Å². The average molecular weight is 409 g/mol. The molecule has 1 atom stereocenters.